The maximum absolute atomic E-state index is 10.8. The Morgan fingerprint density at radius 1 is 1.60 bits per heavy atom. The zero-order chi connectivity index (χ0) is 7.61. The second-order valence-corrected chi connectivity index (χ2v) is 3.33. The van der Waals surface area contributed by atoms with Crippen LogP contribution in [-0.4, -0.2) is 10.8 Å². The van der Waals surface area contributed by atoms with E-state index in [4.69, 9.17) is 11.6 Å². The van der Waals surface area contributed by atoms with Gasteiger partial charge in [-0.05, 0) is 19.3 Å². The zero-order valence-electron chi connectivity index (χ0n) is 5.17. The standard InChI is InChI=1S/C5H6ClO3P/c6-5(2-1-3-5)4(7)9-10-8/h1-3H2. The van der Waals surface area contributed by atoms with Crippen LogP contribution in [0.2, 0.25) is 0 Å². The SMILES string of the molecule is O=POC(=O)C1(Cl)CCC1. The van der Waals surface area contributed by atoms with Crippen LogP contribution in [0, 0.1) is 0 Å². The van der Waals surface area contributed by atoms with E-state index in [1.54, 1.807) is 0 Å². The molecule has 0 radical (unpaired) electrons. The normalized spacial score (nSPS) is 21.7. The quantitative estimate of drug-likeness (QED) is 0.482. The predicted molar refractivity (Wildman–Crippen MR) is 36.1 cm³/mol. The average Bonchev–Trinajstić information content (AvgIpc) is 1.83. The summed E-state index contributed by atoms with van der Waals surface area (Å²) in [7, 11) is -0.617. The Morgan fingerprint density at radius 2 is 2.20 bits per heavy atom. The first-order chi connectivity index (χ1) is 4.69. The molecule has 0 aromatic rings. The maximum atomic E-state index is 10.8. The molecule has 1 fully saturated rings. The first kappa shape index (κ1) is 7.96. The third-order valence-electron chi connectivity index (χ3n) is 1.63. The predicted octanol–water partition coefficient (Wildman–Crippen LogP) is 1.90. The second-order valence-electron chi connectivity index (χ2n) is 2.27. The number of halogens is 1. The van der Waals surface area contributed by atoms with Crippen molar-refractivity contribution in [1.29, 1.82) is 0 Å². The third kappa shape index (κ3) is 1.30. The number of carbonyl (C=O) groups excluding carboxylic acids is 1. The molecule has 0 aromatic carbocycles. The molecule has 1 rings (SSSR count). The molecule has 0 unspecified atom stereocenters. The van der Waals surface area contributed by atoms with E-state index in [2.05, 4.69) is 4.52 Å². The summed E-state index contributed by atoms with van der Waals surface area (Å²) in [6.45, 7) is 0. The molecule has 0 spiro atoms. The summed E-state index contributed by atoms with van der Waals surface area (Å²) in [5.41, 5.74) is 0. The average molecular weight is 181 g/mol. The highest BCUT2D eigenvalue weighted by Crippen LogP contribution is 2.39. The molecule has 0 bridgehead atoms. The Balaban J connectivity index is 2.46. The van der Waals surface area contributed by atoms with Crippen molar-refractivity contribution in [2.45, 2.75) is 24.1 Å². The lowest BCUT2D eigenvalue weighted by atomic mass is 9.85. The van der Waals surface area contributed by atoms with Gasteiger partial charge in [0, 0.05) is 0 Å². The molecule has 0 aromatic heterocycles. The van der Waals surface area contributed by atoms with Gasteiger partial charge in [-0.25, -0.2) is 9.36 Å². The summed E-state index contributed by atoms with van der Waals surface area (Å²) in [5, 5.41) is 0. The minimum absolute atomic E-state index is 0.572. The van der Waals surface area contributed by atoms with Gasteiger partial charge < -0.3 is 4.52 Å². The number of alkyl halides is 1. The lowest BCUT2D eigenvalue weighted by Gasteiger charge is -2.31. The van der Waals surface area contributed by atoms with Crippen molar-refractivity contribution in [2.75, 3.05) is 0 Å². The molecule has 0 saturated heterocycles. The molecule has 0 amide bonds. The van der Waals surface area contributed by atoms with E-state index in [0.717, 1.165) is 6.42 Å². The van der Waals surface area contributed by atoms with Crippen molar-refractivity contribution >= 4 is 26.3 Å². The van der Waals surface area contributed by atoms with Gasteiger partial charge in [0.15, 0.2) is 0 Å². The molecule has 10 heavy (non-hydrogen) atoms. The van der Waals surface area contributed by atoms with Gasteiger partial charge in [0.1, 0.15) is 4.87 Å². The first-order valence-electron chi connectivity index (χ1n) is 2.92. The van der Waals surface area contributed by atoms with Crippen molar-refractivity contribution in [1.82, 2.24) is 0 Å². The van der Waals surface area contributed by atoms with Gasteiger partial charge in [0.25, 0.3) is 0 Å². The van der Waals surface area contributed by atoms with Crippen LogP contribution in [0.25, 0.3) is 0 Å². The molecule has 0 heterocycles. The smallest absolute Gasteiger partial charge is 0.371 e. The number of hydrogen-bond acceptors (Lipinski definition) is 3. The summed E-state index contributed by atoms with van der Waals surface area (Å²) in [6, 6.07) is 0. The summed E-state index contributed by atoms with van der Waals surface area (Å²) < 4.78 is 14.0. The fourth-order valence-electron chi connectivity index (χ4n) is 0.807. The van der Waals surface area contributed by atoms with Crippen LogP contribution >= 0.6 is 20.3 Å². The Kier molecular flexibility index (Phi) is 2.27. The lowest BCUT2D eigenvalue weighted by molar-refractivity contribution is -0.138. The van der Waals surface area contributed by atoms with Crippen LogP contribution < -0.4 is 0 Å². The largest absolute Gasteiger partial charge is 0.398 e. The number of hydrogen-bond donors (Lipinski definition) is 0. The van der Waals surface area contributed by atoms with E-state index in [1.165, 1.54) is 0 Å². The molecule has 5 heteroatoms. The molecule has 3 nitrogen and oxygen atoms in total. The Morgan fingerprint density at radius 3 is 2.50 bits per heavy atom. The molecule has 1 saturated carbocycles. The van der Waals surface area contributed by atoms with Crippen molar-refractivity contribution in [3.63, 3.8) is 0 Å². The maximum Gasteiger partial charge on any atom is 0.398 e. The lowest BCUT2D eigenvalue weighted by Crippen LogP contribution is -2.39. The zero-order valence-corrected chi connectivity index (χ0v) is 6.82. The molecule has 0 aliphatic heterocycles. The van der Waals surface area contributed by atoms with Crippen molar-refractivity contribution in [2.24, 2.45) is 0 Å². The van der Waals surface area contributed by atoms with Gasteiger partial charge in [0.2, 0.25) is 0 Å². The summed E-state index contributed by atoms with van der Waals surface area (Å²) in [6.07, 6.45) is 2.19. The monoisotopic (exact) mass is 180 g/mol. The van der Waals surface area contributed by atoms with Gasteiger partial charge in [-0.2, -0.15) is 0 Å². The fraction of sp³-hybridized carbons (Fsp3) is 0.800. The van der Waals surface area contributed by atoms with E-state index >= 15 is 0 Å². The van der Waals surface area contributed by atoms with Gasteiger partial charge in [-0.15, -0.1) is 11.6 Å². The molecule has 0 atom stereocenters. The first-order valence-corrected chi connectivity index (χ1v) is 4.03. The van der Waals surface area contributed by atoms with E-state index < -0.39 is 19.5 Å². The molecule has 56 valence electrons. The van der Waals surface area contributed by atoms with E-state index in [0.29, 0.717) is 12.8 Å². The van der Waals surface area contributed by atoms with E-state index in [-0.39, 0.29) is 0 Å². The topological polar surface area (TPSA) is 43.4 Å². The minimum atomic E-state index is -0.864. The van der Waals surface area contributed by atoms with Crippen LogP contribution in [0.4, 0.5) is 0 Å². The minimum Gasteiger partial charge on any atom is -0.371 e. The van der Waals surface area contributed by atoms with Crippen LogP contribution in [0.5, 0.6) is 0 Å². The second kappa shape index (κ2) is 2.85. The summed E-state index contributed by atoms with van der Waals surface area (Å²) in [4.78, 5) is 9.92. The Hall–Kier alpha value is -0.140. The Bertz CT molecular complexity index is 166. The summed E-state index contributed by atoms with van der Waals surface area (Å²) >= 11 is 5.72. The molecule has 1 aliphatic carbocycles. The molecular weight excluding hydrogens is 174 g/mol. The van der Waals surface area contributed by atoms with Gasteiger partial charge in [-0.1, -0.05) is 0 Å². The number of rotatable bonds is 2. The highest BCUT2D eigenvalue weighted by Gasteiger charge is 2.44. The van der Waals surface area contributed by atoms with Crippen molar-refractivity contribution < 1.29 is 13.9 Å². The van der Waals surface area contributed by atoms with Gasteiger partial charge in [0.05, 0.1) is 0 Å². The molecule has 1 aliphatic rings. The highest BCUT2D eigenvalue weighted by molar-refractivity contribution is 7.18. The van der Waals surface area contributed by atoms with Crippen molar-refractivity contribution in [3.8, 4) is 0 Å². The summed E-state index contributed by atoms with van der Waals surface area (Å²) in [5.74, 6) is -0.572. The van der Waals surface area contributed by atoms with Gasteiger partial charge >= 0.3 is 14.7 Å². The van der Waals surface area contributed by atoms with Gasteiger partial charge in [-0.3, -0.25) is 0 Å². The van der Waals surface area contributed by atoms with E-state index in [9.17, 15) is 9.36 Å². The number of carbonyl (C=O) groups is 1. The van der Waals surface area contributed by atoms with Crippen LogP contribution in [-0.2, 0) is 13.9 Å². The highest BCUT2D eigenvalue weighted by atomic mass is 35.5. The van der Waals surface area contributed by atoms with E-state index in [1.807, 2.05) is 0 Å². The third-order valence-corrected chi connectivity index (χ3v) is 2.40. The molecular formula is C5H6ClO3P. The van der Waals surface area contributed by atoms with Crippen LogP contribution in [0.3, 0.4) is 0 Å². The van der Waals surface area contributed by atoms with Crippen LogP contribution in [0.1, 0.15) is 19.3 Å². The van der Waals surface area contributed by atoms with Crippen molar-refractivity contribution in [3.05, 3.63) is 0 Å². The fourth-order valence-corrected chi connectivity index (χ4v) is 1.41. The Labute approximate surface area is 65.0 Å². The van der Waals surface area contributed by atoms with Crippen LogP contribution in [0.15, 0.2) is 0 Å². The molecule has 0 N–H and O–H groups in total.